The van der Waals surface area contributed by atoms with Crippen LogP contribution in [-0.2, 0) is 9.53 Å². The molecule has 0 aliphatic heterocycles. The van der Waals surface area contributed by atoms with Gasteiger partial charge in [0.1, 0.15) is 0 Å². The highest BCUT2D eigenvalue weighted by atomic mass is 16.5. The Balaban J connectivity index is 2.14. The molecule has 2 unspecified atom stereocenters. The molecule has 0 heterocycles. The van der Waals surface area contributed by atoms with Crippen molar-refractivity contribution < 1.29 is 9.53 Å². The minimum atomic E-state index is -0.208. The average molecular weight is 180 g/mol. The predicted molar refractivity (Wildman–Crippen MR) is 50.2 cm³/mol. The van der Waals surface area contributed by atoms with Gasteiger partial charge in [-0.3, -0.25) is 4.79 Å². The van der Waals surface area contributed by atoms with Crippen LogP contribution in [0, 0.1) is 11.3 Å². The first-order chi connectivity index (χ1) is 6.16. The maximum atomic E-state index is 11.7. The van der Waals surface area contributed by atoms with Crippen LogP contribution in [0.2, 0.25) is 0 Å². The molecule has 0 aromatic rings. The Labute approximate surface area is 79.0 Å². The fraction of sp³-hybridized carbons (Fsp3) is 0.727. The molecule has 2 rings (SSSR count). The Morgan fingerprint density at radius 1 is 1.77 bits per heavy atom. The number of esters is 1. The van der Waals surface area contributed by atoms with E-state index in [-0.39, 0.29) is 11.4 Å². The second-order valence-corrected chi connectivity index (χ2v) is 4.31. The molecule has 2 bridgehead atoms. The van der Waals surface area contributed by atoms with Crippen LogP contribution in [0.1, 0.15) is 33.1 Å². The number of hydrogen-bond acceptors (Lipinski definition) is 2. The Morgan fingerprint density at radius 2 is 2.54 bits per heavy atom. The minimum absolute atomic E-state index is 0.00287. The summed E-state index contributed by atoms with van der Waals surface area (Å²) in [7, 11) is 0. The number of rotatable bonds is 2. The zero-order chi connectivity index (χ0) is 9.47. The third-order valence-corrected chi connectivity index (χ3v) is 3.44. The van der Waals surface area contributed by atoms with Crippen LogP contribution >= 0.6 is 0 Å². The Kier molecular flexibility index (Phi) is 1.94. The lowest BCUT2D eigenvalue weighted by Gasteiger charge is -2.29. The van der Waals surface area contributed by atoms with Crippen LogP contribution in [-0.4, -0.2) is 12.6 Å². The van der Waals surface area contributed by atoms with Gasteiger partial charge in [-0.05, 0) is 39.0 Å². The van der Waals surface area contributed by atoms with E-state index in [1.165, 1.54) is 5.57 Å². The minimum Gasteiger partial charge on any atom is -0.466 e. The molecule has 2 atom stereocenters. The Morgan fingerprint density at radius 3 is 3.00 bits per heavy atom. The molecule has 2 nitrogen and oxygen atoms in total. The highest BCUT2D eigenvalue weighted by Gasteiger charge is 2.49. The van der Waals surface area contributed by atoms with Gasteiger partial charge >= 0.3 is 5.97 Å². The monoisotopic (exact) mass is 180 g/mol. The van der Waals surface area contributed by atoms with E-state index >= 15 is 0 Å². The Bertz CT molecular complexity index is 267. The molecule has 1 fully saturated rings. The van der Waals surface area contributed by atoms with Crippen LogP contribution in [0.4, 0.5) is 0 Å². The van der Waals surface area contributed by atoms with E-state index in [4.69, 9.17) is 4.74 Å². The number of ether oxygens (including phenoxy) is 1. The first-order valence-electron chi connectivity index (χ1n) is 5.02. The zero-order valence-electron chi connectivity index (χ0n) is 8.30. The lowest BCUT2D eigenvalue weighted by Crippen LogP contribution is -2.34. The van der Waals surface area contributed by atoms with E-state index in [0.717, 1.165) is 19.3 Å². The molecule has 0 radical (unpaired) electrons. The standard InChI is InChI=1S/C11H16O2/c1-3-13-10(12)11(2)7-8-4-5-9(11)6-8/h4,9H,3,5-7H2,1-2H3. The van der Waals surface area contributed by atoms with Crippen LogP contribution < -0.4 is 0 Å². The van der Waals surface area contributed by atoms with E-state index in [2.05, 4.69) is 13.0 Å². The highest BCUT2D eigenvalue weighted by Crippen LogP contribution is 2.53. The van der Waals surface area contributed by atoms with E-state index in [1.54, 1.807) is 0 Å². The van der Waals surface area contributed by atoms with Gasteiger partial charge in [0.15, 0.2) is 0 Å². The second-order valence-electron chi connectivity index (χ2n) is 4.31. The molecule has 0 spiro atoms. The summed E-state index contributed by atoms with van der Waals surface area (Å²) in [5, 5.41) is 0. The molecule has 1 saturated carbocycles. The van der Waals surface area contributed by atoms with Crippen molar-refractivity contribution in [1.29, 1.82) is 0 Å². The summed E-state index contributed by atoms with van der Waals surface area (Å²) in [6.07, 6.45) is 5.40. The number of allylic oxidation sites excluding steroid dienone is 2. The summed E-state index contributed by atoms with van der Waals surface area (Å²) in [6.45, 7) is 4.42. The van der Waals surface area contributed by atoms with Gasteiger partial charge in [0.2, 0.25) is 0 Å². The van der Waals surface area contributed by atoms with Crippen LogP contribution in [0.25, 0.3) is 0 Å². The van der Waals surface area contributed by atoms with Crippen molar-refractivity contribution in [2.45, 2.75) is 33.1 Å². The largest absolute Gasteiger partial charge is 0.466 e. The third-order valence-electron chi connectivity index (χ3n) is 3.44. The number of carbonyl (C=O) groups is 1. The zero-order valence-corrected chi connectivity index (χ0v) is 8.30. The molecule has 0 amide bonds. The number of carbonyl (C=O) groups excluding carboxylic acids is 1. The van der Waals surface area contributed by atoms with Gasteiger partial charge in [0.05, 0.1) is 12.0 Å². The van der Waals surface area contributed by atoms with Crippen molar-refractivity contribution in [2.75, 3.05) is 6.61 Å². The summed E-state index contributed by atoms with van der Waals surface area (Å²) in [5.41, 5.74) is 1.25. The van der Waals surface area contributed by atoms with Crippen molar-refractivity contribution in [3.05, 3.63) is 11.6 Å². The van der Waals surface area contributed by atoms with Gasteiger partial charge in [-0.1, -0.05) is 11.6 Å². The first-order valence-corrected chi connectivity index (χ1v) is 5.02. The SMILES string of the molecule is CCOC(=O)C1(C)CC2=CCC1C2. The molecular formula is C11H16O2. The highest BCUT2D eigenvalue weighted by molar-refractivity contribution is 5.78. The summed E-state index contributed by atoms with van der Waals surface area (Å²) >= 11 is 0. The van der Waals surface area contributed by atoms with Crippen molar-refractivity contribution in [1.82, 2.24) is 0 Å². The van der Waals surface area contributed by atoms with E-state index < -0.39 is 0 Å². The third kappa shape index (κ3) is 1.19. The van der Waals surface area contributed by atoms with E-state index in [9.17, 15) is 4.79 Å². The maximum absolute atomic E-state index is 11.7. The van der Waals surface area contributed by atoms with Gasteiger partial charge in [-0.25, -0.2) is 0 Å². The summed E-state index contributed by atoms with van der Waals surface area (Å²) in [6, 6.07) is 0. The maximum Gasteiger partial charge on any atom is 0.312 e. The molecule has 0 aromatic heterocycles. The van der Waals surface area contributed by atoms with Crippen LogP contribution in [0.5, 0.6) is 0 Å². The summed E-state index contributed by atoms with van der Waals surface area (Å²) in [4.78, 5) is 11.7. The molecule has 0 N–H and O–H groups in total. The van der Waals surface area contributed by atoms with Gasteiger partial charge in [0.25, 0.3) is 0 Å². The summed E-state index contributed by atoms with van der Waals surface area (Å²) < 4.78 is 5.12. The quantitative estimate of drug-likeness (QED) is 0.481. The van der Waals surface area contributed by atoms with Gasteiger partial charge in [-0.2, -0.15) is 0 Å². The smallest absolute Gasteiger partial charge is 0.312 e. The average Bonchev–Trinajstić information content (AvgIpc) is 2.64. The number of fused-ring (bicyclic) bond motifs is 2. The van der Waals surface area contributed by atoms with Crippen LogP contribution in [0.3, 0.4) is 0 Å². The molecule has 2 aliphatic carbocycles. The molecule has 0 saturated heterocycles. The second kappa shape index (κ2) is 2.86. The lowest BCUT2D eigenvalue weighted by atomic mass is 9.77. The van der Waals surface area contributed by atoms with Gasteiger partial charge in [0, 0.05) is 0 Å². The van der Waals surface area contributed by atoms with E-state index in [1.807, 2.05) is 6.92 Å². The molecule has 13 heavy (non-hydrogen) atoms. The number of hydrogen-bond donors (Lipinski definition) is 0. The molecule has 2 aliphatic rings. The normalized spacial score (nSPS) is 36.2. The molecule has 72 valence electrons. The van der Waals surface area contributed by atoms with E-state index in [0.29, 0.717) is 12.5 Å². The van der Waals surface area contributed by atoms with Crippen molar-refractivity contribution in [3.8, 4) is 0 Å². The molecular weight excluding hydrogens is 164 g/mol. The summed E-state index contributed by atoms with van der Waals surface area (Å²) in [5.74, 6) is 0.518. The first kappa shape index (κ1) is 8.79. The fourth-order valence-electron chi connectivity index (χ4n) is 2.57. The van der Waals surface area contributed by atoms with Crippen molar-refractivity contribution in [2.24, 2.45) is 11.3 Å². The van der Waals surface area contributed by atoms with Crippen molar-refractivity contribution in [3.63, 3.8) is 0 Å². The lowest BCUT2D eigenvalue weighted by molar-refractivity contribution is -0.156. The molecule has 2 heteroatoms. The Hall–Kier alpha value is -0.790. The topological polar surface area (TPSA) is 26.3 Å². The predicted octanol–water partition coefficient (Wildman–Crippen LogP) is 2.30. The molecule has 0 aromatic carbocycles. The van der Waals surface area contributed by atoms with Crippen LogP contribution in [0.15, 0.2) is 11.6 Å². The van der Waals surface area contributed by atoms with Gasteiger partial charge in [-0.15, -0.1) is 0 Å². The fourth-order valence-corrected chi connectivity index (χ4v) is 2.57. The van der Waals surface area contributed by atoms with Crippen molar-refractivity contribution >= 4 is 5.97 Å². The van der Waals surface area contributed by atoms with Gasteiger partial charge < -0.3 is 4.74 Å².